The van der Waals surface area contributed by atoms with Gasteiger partial charge in [-0.2, -0.15) is 0 Å². The lowest BCUT2D eigenvalue weighted by Gasteiger charge is -2.05. The van der Waals surface area contributed by atoms with Crippen LogP contribution >= 0.6 is 0 Å². The fourth-order valence-electron chi connectivity index (χ4n) is 2.29. The number of carbonyl (C=O) groups is 1. The smallest absolute Gasteiger partial charge is 0.372 e. The number of hydrogen-bond donors (Lipinski definition) is 1. The summed E-state index contributed by atoms with van der Waals surface area (Å²) in [6, 6.07) is 3.79. The van der Waals surface area contributed by atoms with Crippen molar-refractivity contribution in [3.8, 4) is 5.75 Å². The maximum absolute atomic E-state index is 11.3. The molecule has 4 nitrogen and oxygen atoms in total. The Hall–Kier alpha value is -1.97. The summed E-state index contributed by atoms with van der Waals surface area (Å²) >= 11 is 0. The van der Waals surface area contributed by atoms with E-state index < -0.39 is 5.97 Å². The van der Waals surface area contributed by atoms with Gasteiger partial charge in [-0.25, -0.2) is 4.79 Å². The summed E-state index contributed by atoms with van der Waals surface area (Å²) in [5.41, 5.74) is 2.28. The lowest BCUT2D eigenvalue weighted by molar-refractivity contribution is 0.0663. The molecule has 19 heavy (non-hydrogen) atoms. The Kier molecular flexibility index (Phi) is 3.51. The van der Waals surface area contributed by atoms with Gasteiger partial charge in [0.25, 0.3) is 0 Å². The minimum Gasteiger partial charge on any atom is -0.493 e. The summed E-state index contributed by atoms with van der Waals surface area (Å²) in [6.07, 6.45) is 0.668. The van der Waals surface area contributed by atoms with Crippen LogP contribution in [-0.4, -0.2) is 18.2 Å². The lowest BCUT2D eigenvalue weighted by atomic mass is 9.99. The lowest BCUT2D eigenvalue weighted by Crippen LogP contribution is -2.02. The van der Waals surface area contributed by atoms with Gasteiger partial charge >= 0.3 is 5.97 Å². The molecular weight excluding hydrogens is 244 g/mol. The zero-order chi connectivity index (χ0) is 14.2. The molecule has 2 rings (SSSR count). The first-order chi connectivity index (χ1) is 8.93. The molecule has 0 atom stereocenters. The third-order valence-electron chi connectivity index (χ3n) is 3.03. The van der Waals surface area contributed by atoms with E-state index in [-0.39, 0.29) is 5.76 Å². The van der Waals surface area contributed by atoms with Gasteiger partial charge < -0.3 is 14.3 Å². The molecule has 1 aromatic heterocycles. The summed E-state index contributed by atoms with van der Waals surface area (Å²) in [4.78, 5) is 11.3. The van der Waals surface area contributed by atoms with Crippen LogP contribution in [0.4, 0.5) is 0 Å². The predicted molar refractivity (Wildman–Crippen MR) is 73.0 cm³/mol. The highest BCUT2D eigenvalue weighted by molar-refractivity contribution is 5.97. The number of hydrogen-bond acceptors (Lipinski definition) is 3. The van der Waals surface area contributed by atoms with Gasteiger partial charge in [0.2, 0.25) is 5.76 Å². The van der Waals surface area contributed by atoms with Crippen LogP contribution in [-0.2, 0) is 6.42 Å². The number of benzene rings is 1. The van der Waals surface area contributed by atoms with Crippen molar-refractivity contribution in [3.63, 3.8) is 0 Å². The van der Waals surface area contributed by atoms with Gasteiger partial charge in [-0.15, -0.1) is 0 Å². The largest absolute Gasteiger partial charge is 0.493 e. The standard InChI is InChI=1S/C15H18O4/c1-8(2)5-10-11-6-9(3)7-12(18-4)13(11)19-14(10)15(16)17/h6-8H,5H2,1-4H3,(H,16,17). The number of fused-ring (bicyclic) bond motifs is 1. The molecule has 0 amide bonds. The van der Waals surface area contributed by atoms with E-state index in [9.17, 15) is 9.90 Å². The molecule has 2 aromatic rings. The number of furan rings is 1. The highest BCUT2D eigenvalue weighted by Gasteiger charge is 2.22. The quantitative estimate of drug-likeness (QED) is 0.913. The van der Waals surface area contributed by atoms with Crippen LogP contribution in [0, 0.1) is 12.8 Å². The molecule has 4 heteroatoms. The molecule has 0 saturated carbocycles. The van der Waals surface area contributed by atoms with Gasteiger partial charge in [0.15, 0.2) is 11.3 Å². The summed E-state index contributed by atoms with van der Waals surface area (Å²) in [5.74, 6) is -0.0860. The zero-order valence-corrected chi connectivity index (χ0v) is 11.6. The Morgan fingerprint density at radius 3 is 2.63 bits per heavy atom. The maximum Gasteiger partial charge on any atom is 0.372 e. The summed E-state index contributed by atoms with van der Waals surface area (Å²) in [5, 5.41) is 10.1. The van der Waals surface area contributed by atoms with Crippen LogP contribution in [0.5, 0.6) is 5.75 Å². The van der Waals surface area contributed by atoms with Gasteiger partial charge in [-0.05, 0) is 37.0 Å². The van der Waals surface area contributed by atoms with E-state index >= 15 is 0 Å². The summed E-state index contributed by atoms with van der Waals surface area (Å²) < 4.78 is 10.8. The molecule has 0 unspecified atom stereocenters. The van der Waals surface area contributed by atoms with Gasteiger partial charge in [0.1, 0.15) is 0 Å². The Morgan fingerprint density at radius 2 is 2.11 bits per heavy atom. The minimum absolute atomic E-state index is 0.0209. The normalized spacial score (nSPS) is 11.2. The molecule has 0 aliphatic rings. The number of aryl methyl sites for hydroxylation is 1. The van der Waals surface area contributed by atoms with Crippen LogP contribution in [0.3, 0.4) is 0 Å². The third-order valence-corrected chi connectivity index (χ3v) is 3.03. The predicted octanol–water partition coefficient (Wildman–Crippen LogP) is 3.65. The van der Waals surface area contributed by atoms with Gasteiger partial charge in [0.05, 0.1) is 7.11 Å². The average Bonchev–Trinajstić information content (AvgIpc) is 2.66. The van der Waals surface area contributed by atoms with E-state index in [0.29, 0.717) is 23.7 Å². The van der Waals surface area contributed by atoms with Crippen molar-refractivity contribution in [2.75, 3.05) is 7.11 Å². The monoisotopic (exact) mass is 262 g/mol. The topological polar surface area (TPSA) is 59.7 Å². The first-order valence-electron chi connectivity index (χ1n) is 6.27. The first-order valence-corrected chi connectivity index (χ1v) is 6.27. The van der Waals surface area contributed by atoms with Crippen LogP contribution in [0.25, 0.3) is 11.0 Å². The number of carboxylic acids is 1. The number of methoxy groups -OCH3 is 1. The van der Waals surface area contributed by atoms with Gasteiger partial charge in [-0.1, -0.05) is 13.8 Å². The summed E-state index contributed by atoms with van der Waals surface area (Å²) in [7, 11) is 1.55. The molecule has 1 aromatic carbocycles. The van der Waals surface area contributed by atoms with Gasteiger partial charge in [-0.3, -0.25) is 0 Å². The second-order valence-corrected chi connectivity index (χ2v) is 5.16. The SMILES string of the molecule is COc1cc(C)cc2c(CC(C)C)c(C(=O)O)oc12. The second kappa shape index (κ2) is 4.96. The molecule has 102 valence electrons. The van der Waals surface area contributed by atoms with E-state index in [1.165, 1.54) is 0 Å². The van der Waals surface area contributed by atoms with Crippen molar-refractivity contribution in [2.45, 2.75) is 27.2 Å². The highest BCUT2D eigenvalue weighted by Crippen LogP contribution is 2.35. The number of rotatable bonds is 4. The molecule has 0 aliphatic carbocycles. The van der Waals surface area contributed by atoms with Crippen molar-refractivity contribution in [2.24, 2.45) is 5.92 Å². The Morgan fingerprint density at radius 1 is 1.42 bits per heavy atom. The fraction of sp³-hybridized carbons (Fsp3) is 0.400. The molecule has 0 aliphatic heterocycles. The minimum atomic E-state index is -1.04. The zero-order valence-electron chi connectivity index (χ0n) is 11.6. The van der Waals surface area contributed by atoms with E-state index in [1.54, 1.807) is 7.11 Å². The number of carboxylic acid groups (broad SMARTS) is 1. The van der Waals surface area contributed by atoms with Crippen molar-refractivity contribution in [1.82, 2.24) is 0 Å². The van der Waals surface area contributed by atoms with Gasteiger partial charge in [0, 0.05) is 10.9 Å². The van der Waals surface area contributed by atoms with Crippen LogP contribution in [0.1, 0.15) is 35.5 Å². The van der Waals surface area contributed by atoms with E-state index in [1.807, 2.05) is 19.1 Å². The second-order valence-electron chi connectivity index (χ2n) is 5.16. The fourth-order valence-corrected chi connectivity index (χ4v) is 2.29. The molecule has 1 N–H and O–H groups in total. The maximum atomic E-state index is 11.3. The van der Waals surface area contributed by atoms with E-state index in [0.717, 1.165) is 16.5 Å². The molecule has 0 radical (unpaired) electrons. The number of aromatic carboxylic acids is 1. The van der Waals surface area contributed by atoms with Crippen molar-refractivity contribution in [3.05, 3.63) is 29.0 Å². The molecule has 0 spiro atoms. The van der Waals surface area contributed by atoms with Crippen LogP contribution in [0.15, 0.2) is 16.5 Å². The molecule has 0 fully saturated rings. The Bertz CT molecular complexity index is 623. The molecule has 1 heterocycles. The molecule has 0 saturated heterocycles. The first kappa shape index (κ1) is 13.5. The molecule has 0 bridgehead atoms. The number of ether oxygens (including phenoxy) is 1. The van der Waals surface area contributed by atoms with E-state index in [2.05, 4.69) is 13.8 Å². The summed E-state index contributed by atoms with van der Waals surface area (Å²) in [6.45, 7) is 6.06. The third kappa shape index (κ3) is 2.43. The average molecular weight is 262 g/mol. The van der Waals surface area contributed by atoms with Crippen molar-refractivity contribution >= 4 is 16.9 Å². The highest BCUT2D eigenvalue weighted by atomic mass is 16.5. The van der Waals surface area contributed by atoms with Crippen LogP contribution < -0.4 is 4.74 Å². The Balaban J connectivity index is 2.77. The van der Waals surface area contributed by atoms with Crippen molar-refractivity contribution in [1.29, 1.82) is 0 Å². The van der Waals surface area contributed by atoms with Crippen LogP contribution in [0.2, 0.25) is 0 Å². The van der Waals surface area contributed by atoms with Crippen molar-refractivity contribution < 1.29 is 19.1 Å². The molecular formula is C15H18O4. The van der Waals surface area contributed by atoms with E-state index in [4.69, 9.17) is 9.15 Å². The Labute approximate surface area is 112 Å².